The third kappa shape index (κ3) is 14.1. The lowest BCUT2D eigenvalue weighted by atomic mass is 9.74. The molecule has 0 spiro atoms. The number of ether oxygens (including phenoxy) is 1. The highest BCUT2D eigenvalue weighted by molar-refractivity contribution is 7.15. The van der Waals surface area contributed by atoms with Crippen LogP contribution in [0.5, 0.6) is 0 Å². The molecule has 7 N–H and O–H groups in total. The zero-order chi connectivity index (χ0) is 62.5. The van der Waals surface area contributed by atoms with E-state index in [1.807, 2.05) is 13.8 Å². The first-order valence-electron chi connectivity index (χ1n) is 27.7. The molecule has 1 unspecified atom stereocenters. The number of Topliss-reactive ketones (excluding diaryl/α,β-unsaturated/α-hetero) is 1. The van der Waals surface area contributed by atoms with Crippen LogP contribution < -0.4 is 26.2 Å². The third-order valence-electron chi connectivity index (χ3n) is 14.7. The van der Waals surface area contributed by atoms with E-state index in [9.17, 15) is 53.7 Å². The van der Waals surface area contributed by atoms with Crippen molar-refractivity contribution in [2.24, 2.45) is 17.8 Å². The van der Waals surface area contributed by atoms with E-state index in [1.165, 1.54) is 64.4 Å². The predicted molar refractivity (Wildman–Crippen MR) is 331 cm³/mol. The Hall–Kier alpha value is -7.97. The molecule has 5 amide bonds. The third-order valence-corrected chi connectivity index (χ3v) is 20.5. The van der Waals surface area contributed by atoms with E-state index >= 15 is 0 Å². The number of aromatic nitrogens is 7. The van der Waals surface area contributed by atoms with E-state index in [0.717, 1.165) is 22.7 Å². The van der Waals surface area contributed by atoms with Crippen molar-refractivity contribution < 1.29 is 58.4 Å². The number of amides is 5. The Labute approximate surface area is 527 Å². The van der Waals surface area contributed by atoms with Gasteiger partial charge in [0.15, 0.2) is 5.78 Å². The Balaban J connectivity index is 1.05. The van der Waals surface area contributed by atoms with Crippen LogP contribution in [-0.2, 0) is 35.3 Å². The summed E-state index contributed by atoms with van der Waals surface area (Å²) in [5.74, 6) is -6.70. The number of aryl methyl sites for hydroxylation is 1. The summed E-state index contributed by atoms with van der Waals surface area (Å²) in [5, 5.41) is 51.0. The van der Waals surface area contributed by atoms with Crippen LogP contribution in [0.15, 0.2) is 64.0 Å². The Morgan fingerprint density at radius 2 is 1.44 bits per heavy atom. The molecule has 4 atom stereocenters. The van der Waals surface area contributed by atoms with Gasteiger partial charge in [0.2, 0.25) is 17.7 Å². The van der Waals surface area contributed by atoms with E-state index < -0.39 is 78.1 Å². The van der Waals surface area contributed by atoms with Crippen LogP contribution in [0.4, 0.5) is 5.82 Å². The molecule has 1 fully saturated rings. The van der Waals surface area contributed by atoms with Gasteiger partial charge in [-0.3, -0.25) is 43.3 Å². The van der Waals surface area contributed by atoms with E-state index in [1.54, 1.807) is 70.9 Å². The molecule has 0 saturated heterocycles. The number of rotatable bonds is 15. The van der Waals surface area contributed by atoms with Crippen LogP contribution in [0, 0.1) is 24.7 Å². The smallest absolute Gasteiger partial charge is 0.306 e. The lowest BCUT2D eigenvalue weighted by molar-refractivity contribution is -0.148. The second-order valence-corrected chi connectivity index (χ2v) is 26.9. The summed E-state index contributed by atoms with van der Waals surface area (Å²) in [4.78, 5) is 144. The molecule has 458 valence electrons. The fourth-order valence-corrected chi connectivity index (χ4v) is 15.5. The van der Waals surface area contributed by atoms with Crippen molar-refractivity contribution in [1.82, 2.24) is 56.2 Å². The van der Waals surface area contributed by atoms with Gasteiger partial charge >= 0.3 is 11.9 Å². The summed E-state index contributed by atoms with van der Waals surface area (Å²) in [5.41, 5.74) is 2.54. The normalized spacial score (nSPS) is 18.6. The number of fused-ring (bicyclic) bond motifs is 14. The van der Waals surface area contributed by atoms with Crippen molar-refractivity contribution in [3.63, 3.8) is 0 Å². The molecule has 10 rings (SSSR count). The number of benzene rings is 1. The van der Waals surface area contributed by atoms with Gasteiger partial charge in [-0.1, -0.05) is 44.2 Å². The second-order valence-electron chi connectivity index (χ2n) is 21.1. The van der Waals surface area contributed by atoms with Gasteiger partial charge in [-0.25, -0.2) is 34.9 Å². The minimum Gasteiger partial charge on any atom is -0.481 e. The number of aliphatic carboxylic acids is 2. The Morgan fingerprint density at radius 3 is 2.17 bits per heavy atom. The summed E-state index contributed by atoms with van der Waals surface area (Å²) in [6.45, 7) is 5.12. The molecule has 2 aliphatic rings. The van der Waals surface area contributed by atoms with Crippen molar-refractivity contribution in [3.8, 4) is 43.4 Å². The number of nitrogens with zero attached hydrogens (tertiary/aromatic N) is 8. The first-order valence-corrected chi connectivity index (χ1v) is 32.8. The maximum Gasteiger partial charge on any atom is 0.306 e. The molecule has 1 aromatic carbocycles. The minimum atomic E-state index is -1.30. The zero-order valence-electron chi connectivity index (χ0n) is 47.8. The van der Waals surface area contributed by atoms with Gasteiger partial charge in [-0.05, 0) is 49.8 Å². The van der Waals surface area contributed by atoms with Gasteiger partial charge in [0.1, 0.15) is 77.2 Å². The Bertz CT molecular complexity index is 3940. The number of aliphatic hydroxyl groups excluding tert-OH is 1. The summed E-state index contributed by atoms with van der Waals surface area (Å²) >= 11 is 7.11. The average Bonchev–Trinajstić information content (AvgIpc) is 3.33. The topological polar surface area (TPSA) is 348 Å². The van der Waals surface area contributed by atoms with Gasteiger partial charge in [0, 0.05) is 77.3 Å². The van der Waals surface area contributed by atoms with Crippen molar-refractivity contribution in [2.75, 3.05) is 32.1 Å². The number of carbonyl (C=O) groups is 8. The molecule has 8 heterocycles. The molecule has 8 aromatic rings. The van der Waals surface area contributed by atoms with Crippen LogP contribution >= 0.6 is 68.0 Å². The molecule has 1 aliphatic carbocycles. The minimum absolute atomic E-state index is 0.00116. The largest absolute Gasteiger partial charge is 0.481 e. The van der Waals surface area contributed by atoms with E-state index in [2.05, 4.69) is 21.3 Å². The molecule has 1 aliphatic heterocycles. The van der Waals surface area contributed by atoms with Gasteiger partial charge in [-0.2, -0.15) is 0 Å². The highest BCUT2D eigenvalue weighted by atomic mass is 32.1. The van der Waals surface area contributed by atoms with Crippen molar-refractivity contribution in [3.05, 3.63) is 111 Å². The molecule has 10 bridgehead atoms. The zero-order valence-corrected chi connectivity index (χ0v) is 52.7. The van der Waals surface area contributed by atoms with Crippen LogP contribution in [0.3, 0.4) is 0 Å². The van der Waals surface area contributed by atoms with Gasteiger partial charge < -0.3 is 41.3 Å². The fraction of sp³-hybridized carbons (Fsp3) is 0.362. The van der Waals surface area contributed by atoms with Gasteiger partial charge in [0.25, 0.3) is 11.8 Å². The van der Waals surface area contributed by atoms with E-state index in [0.29, 0.717) is 73.7 Å². The number of anilines is 1. The van der Waals surface area contributed by atoms with Gasteiger partial charge in [-0.15, -0.1) is 68.0 Å². The van der Waals surface area contributed by atoms with Crippen molar-refractivity contribution in [2.45, 2.75) is 90.0 Å². The first kappa shape index (κ1) is 63.1. The molecule has 0 radical (unpaired) electrons. The lowest BCUT2D eigenvalue weighted by Gasteiger charge is -2.34. The number of hydrogen-bond donors (Lipinski definition) is 7. The van der Waals surface area contributed by atoms with Crippen LogP contribution in [0.1, 0.15) is 138 Å². The van der Waals surface area contributed by atoms with Crippen molar-refractivity contribution in [1.29, 1.82) is 0 Å². The molecule has 24 nitrogen and oxygen atoms in total. The summed E-state index contributed by atoms with van der Waals surface area (Å²) < 4.78 is 5.47. The number of methoxy groups -OCH3 is 1. The summed E-state index contributed by atoms with van der Waals surface area (Å²) in [6, 6.07) is 10.1. The van der Waals surface area contributed by atoms with Crippen LogP contribution in [-0.4, -0.2) is 125 Å². The van der Waals surface area contributed by atoms with Gasteiger partial charge in [0.05, 0.1) is 47.1 Å². The molecular weight excluding hydrogens is 1250 g/mol. The maximum absolute atomic E-state index is 14.4. The number of carboxylic acids is 2. The van der Waals surface area contributed by atoms with E-state index in [4.69, 9.17) is 39.6 Å². The van der Waals surface area contributed by atoms with E-state index in [-0.39, 0.29) is 92.2 Å². The summed E-state index contributed by atoms with van der Waals surface area (Å²) in [6.07, 6.45) is -1.37. The molecule has 1 saturated carbocycles. The number of hydrogen-bond acceptors (Lipinski definition) is 23. The highest BCUT2D eigenvalue weighted by Crippen LogP contribution is 2.42. The number of carboxylic acid groups (broad SMARTS) is 2. The highest BCUT2D eigenvalue weighted by Gasteiger charge is 2.42. The quantitative estimate of drug-likeness (QED) is 0.0505. The first-order chi connectivity index (χ1) is 42.3. The average molecular weight is 1310 g/mol. The van der Waals surface area contributed by atoms with Crippen molar-refractivity contribution >= 4 is 121 Å². The monoisotopic (exact) mass is 1310 g/mol. The molecule has 30 heteroatoms. The standard InChI is InChI=1S/C58H58N12O12S6/c1-26(2)32-18-38(71)44-27(3)87-55(68-44)34(19-41(72)59-4)62-49(77)36-23-83-51(64-36)31-13-14-33(53-66-40(25-86-53)70(15-9-12-43(74)75)57(79)29-16-30(17-29)58(80)81)61-45(31)35-22-84-54(63-35)37-24-85-56(65-37)47(48(76)28-10-7-6-8-11-28)67-42(73)20-60-50(78)46-39(21-82-5)88-52(32)69-46/h6-8,10-11,13-14,22-26,29-30,32,34,47-48,76H,9,12,15-21H2,1-5H3,(H,59,72)(H,60,78)(H,62,77)(H,67,73)(H,74,75)(H,80,81)/t29?,30?,32?,34-,47-,48-/m0/s1. The van der Waals surface area contributed by atoms with Crippen LogP contribution in [0.2, 0.25) is 0 Å². The number of thiazole rings is 6. The SMILES string of the molecule is CNC(=O)C[C@@H]1NC(=O)c2csc(n2)-c2ccc(-c3nc(N(CCCC(=O)O)C(=O)C4CC(C(=O)O)C4)cs3)nc2-c2csc(n2)-c2csc(n2)[C@H]([C@@H](O)c2ccccc2)NC(=O)CNC(=O)c2nc(sc2COC)C(C(C)C)CC(=O)c2nc1sc2C. The maximum atomic E-state index is 14.4. The number of nitrogens with one attached hydrogen (secondary N) is 4. The number of ketones is 1. The number of pyridine rings is 1. The predicted octanol–water partition coefficient (Wildman–Crippen LogP) is 8.51. The lowest BCUT2D eigenvalue weighted by Crippen LogP contribution is -2.44. The number of carbonyl (C=O) groups excluding carboxylic acids is 6. The Kier molecular flexibility index (Phi) is 19.8. The second kappa shape index (κ2) is 27.6. The number of aliphatic hydroxyl groups is 1. The Morgan fingerprint density at radius 1 is 0.739 bits per heavy atom. The summed E-state index contributed by atoms with van der Waals surface area (Å²) in [7, 11) is 2.94. The van der Waals surface area contributed by atoms with Crippen LogP contribution in [0.25, 0.3) is 43.4 Å². The molecular formula is C58H58N12O12S6. The molecule has 7 aromatic heterocycles. The molecule has 88 heavy (non-hydrogen) atoms. The fourth-order valence-electron chi connectivity index (χ4n) is 9.92.